The molecule has 7 nitrogen and oxygen atoms in total. The van der Waals surface area contributed by atoms with Gasteiger partial charge in [-0.05, 0) is 24.3 Å². The molecule has 0 fully saturated rings. The van der Waals surface area contributed by atoms with Gasteiger partial charge in [-0.2, -0.15) is 12.7 Å². The van der Waals surface area contributed by atoms with Crippen LogP contribution in [0.1, 0.15) is 0 Å². The fourth-order valence-electron chi connectivity index (χ4n) is 1.59. The Bertz CT molecular complexity index is 590. The monoisotopic (exact) mass is 333 g/mol. The van der Waals surface area contributed by atoms with Crippen molar-refractivity contribution in [3.05, 3.63) is 30.1 Å². The number of hydrogen-bond donors (Lipinski definition) is 1. The molecule has 0 unspecified atom stereocenters. The average molecular weight is 333 g/mol. The Morgan fingerprint density at radius 2 is 1.86 bits per heavy atom. The van der Waals surface area contributed by atoms with Gasteiger partial charge in [0.05, 0.1) is 12.3 Å². The molecule has 1 N–H and O–H groups in total. The first-order valence-electron chi connectivity index (χ1n) is 6.50. The Labute approximate surface area is 129 Å². The minimum absolute atomic E-state index is 0.206. The molecule has 0 aliphatic rings. The van der Waals surface area contributed by atoms with Crippen molar-refractivity contribution in [1.29, 1.82) is 0 Å². The van der Waals surface area contributed by atoms with E-state index in [1.165, 1.54) is 33.3 Å². The van der Waals surface area contributed by atoms with Gasteiger partial charge in [-0.15, -0.1) is 0 Å². The summed E-state index contributed by atoms with van der Waals surface area (Å²) < 4.78 is 44.4. The number of halogens is 1. The zero-order valence-electron chi connectivity index (χ0n) is 12.7. The molecule has 0 aliphatic heterocycles. The Kier molecular flexibility index (Phi) is 6.72. The number of nitrogens with zero attached hydrogens (tertiary/aromatic N) is 2. The summed E-state index contributed by atoms with van der Waals surface area (Å²) in [6, 6.07) is 4.88. The molecule has 0 atom stereocenters. The highest BCUT2D eigenvalue weighted by Crippen LogP contribution is 2.19. The molecule has 1 amide bonds. The lowest BCUT2D eigenvalue weighted by molar-refractivity contribution is -0.119. The minimum Gasteiger partial charge on any atom is -0.383 e. The van der Waals surface area contributed by atoms with Crippen LogP contribution in [0.3, 0.4) is 0 Å². The van der Waals surface area contributed by atoms with Crippen molar-refractivity contribution < 1.29 is 22.3 Å². The molecule has 22 heavy (non-hydrogen) atoms. The van der Waals surface area contributed by atoms with E-state index >= 15 is 0 Å². The largest absolute Gasteiger partial charge is 0.383 e. The van der Waals surface area contributed by atoms with Crippen LogP contribution in [0.25, 0.3) is 0 Å². The van der Waals surface area contributed by atoms with E-state index in [1.807, 2.05) is 0 Å². The molecule has 0 saturated carbocycles. The average Bonchev–Trinajstić information content (AvgIpc) is 2.46. The first-order chi connectivity index (χ1) is 10.3. The molecule has 0 aliphatic carbocycles. The maximum atomic E-state index is 13.0. The topological polar surface area (TPSA) is 79.0 Å². The SMILES string of the molecule is COCCNC(=O)CN(c1ccc(F)cc1)S(=O)(=O)N(C)C. The van der Waals surface area contributed by atoms with E-state index in [0.29, 0.717) is 6.61 Å². The van der Waals surface area contributed by atoms with Crippen molar-refractivity contribution in [3.63, 3.8) is 0 Å². The van der Waals surface area contributed by atoms with Crippen LogP contribution in [0.4, 0.5) is 10.1 Å². The first-order valence-corrected chi connectivity index (χ1v) is 7.90. The zero-order valence-corrected chi connectivity index (χ0v) is 13.6. The highest BCUT2D eigenvalue weighted by Gasteiger charge is 2.27. The zero-order chi connectivity index (χ0) is 16.8. The van der Waals surface area contributed by atoms with Crippen LogP contribution in [0.15, 0.2) is 24.3 Å². The third-order valence-corrected chi connectivity index (χ3v) is 4.59. The van der Waals surface area contributed by atoms with Crippen LogP contribution in [0.2, 0.25) is 0 Å². The van der Waals surface area contributed by atoms with Crippen molar-refractivity contribution >= 4 is 21.8 Å². The van der Waals surface area contributed by atoms with Gasteiger partial charge in [0.2, 0.25) is 5.91 Å². The number of ether oxygens (including phenoxy) is 1. The molecular formula is C13H20FN3O4S. The van der Waals surface area contributed by atoms with Crippen molar-refractivity contribution in [2.75, 3.05) is 45.2 Å². The number of benzene rings is 1. The summed E-state index contributed by atoms with van der Waals surface area (Å²) in [5, 5.41) is 2.54. The number of carbonyl (C=O) groups is 1. The number of anilines is 1. The standard InChI is InChI=1S/C13H20FN3O4S/c1-16(2)22(19,20)17(10-13(18)15-8-9-21-3)12-6-4-11(14)5-7-12/h4-7H,8-10H2,1-3H3,(H,15,18). The van der Waals surface area contributed by atoms with Gasteiger partial charge >= 0.3 is 10.2 Å². The van der Waals surface area contributed by atoms with Crippen LogP contribution in [-0.4, -0.2) is 59.5 Å². The maximum absolute atomic E-state index is 13.0. The number of amides is 1. The predicted octanol–water partition coefficient (Wildman–Crippen LogP) is 0.201. The van der Waals surface area contributed by atoms with E-state index in [9.17, 15) is 17.6 Å². The van der Waals surface area contributed by atoms with E-state index in [0.717, 1.165) is 20.7 Å². The van der Waals surface area contributed by atoms with Gasteiger partial charge in [0.25, 0.3) is 0 Å². The van der Waals surface area contributed by atoms with Crippen molar-refractivity contribution in [3.8, 4) is 0 Å². The molecule has 0 bridgehead atoms. The summed E-state index contributed by atoms with van der Waals surface area (Å²) in [6.07, 6.45) is 0. The van der Waals surface area contributed by atoms with Gasteiger partial charge in [-0.25, -0.2) is 8.70 Å². The molecule has 0 heterocycles. The molecule has 1 rings (SSSR count). The highest BCUT2D eigenvalue weighted by molar-refractivity contribution is 7.90. The molecule has 0 radical (unpaired) electrons. The quantitative estimate of drug-likeness (QED) is 0.690. The highest BCUT2D eigenvalue weighted by atomic mass is 32.2. The van der Waals surface area contributed by atoms with Gasteiger partial charge < -0.3 is 10.1 Å². The molecule has 9 heteroatoms. The van der Waals surface area contributed by atoms with Crippen LogP contribution in [-0.2, 0) is 19.7 Å². The lowest BCUT2D eigenvalue weighted by Crippen LogP contribution is -2.46. The summed E-state index contributed by atoms with van der Waals surface area (Å²) >= 11 is 0. The molecule has 124 valence electrons. The summed E-state index contributed by atoms with van der Waals surface area (Å²) in [4.78, 5) is 11.9. The Balaban J connectivity index is 2.98. The molecule has 0 spiro atoms. The first kappa shape index (κ1) is 18.3. The lowest BCUT2D eigenvalue weighted by Gasteiger charge is -2.26. The second kappa shape index (κ2) is 8.06. The molecule has 0 saturated heterocycles. The van der Waals surface area contributed by atoms with Gasteiger partial charge in [0, 0.05) is 27.7 Å². The smallest absolute Gasteiger partial charge is 0.304 e. The third kappa shape index (κ3) is 4.93. The van der Waals surface area contributed by atoms with Crippen LogP contribution >= 0.6 is 0 Å². The molecular weight excluding hydrogens is 313 g/mol. The summed E-state index contributed by atoms with van der Waals surface area (Å²) in [6.45, 7) is 0.188. The van der Waals surface area contributed by atoms with E-state index in [2.05, 4.69) is 5.32 Å². The van der Waals surface area contributed by atoms with Gasteiger partial charge in [-0.1, -0.05) is 0 Å². The minimum atomic E-state index is -3.88. The van der Waals surface area contributed by atoms with Crippen LogP contribution in [0, 0.1) is 5.82 Å². The second-order valence-electron chi connectivity index (χ2n) is 4.62. The normalized spacial score (nSPS) is 11.5. The van der Waals surface area contributed by atoms with E-state index in [-0.39, 0.29) is 12.2 Å². The second-order valence-corrected chi connectivity index (χ2v) is 6.68. The third-order valence-electron chi connectivity index (χ3n) is 2.77. The maximum Gasteiger partial charge on any atom is 0.304 e. The van der Waals surface area contributed by atoms with Crippen molar-refractivity contribution in [2.24, 2.45) is 0 Å². The number of methoxy groups -OCH3 is 1. The van der Waals surface area contributed by atoms with Crippen LogP contribution in [0.5, 0.6) is 0 Å². The van der Waals surface area contributed by atoms with Crippen molar-refractivity contribution in [2.45, 2.75) is 0 Å². The summed E-state index contributed by atoms with van der Waals surface area (Å²) in [7, 11) is 0.327. The van der Waals surface area contributed by atoms with Gasteiger partial charge in [0.1, 0.15) is 12.4 Å². The number of rotatable bonds is 8. The van der Waals surface area contributed by atoms with Crippen LogP contribution < -0.4 is 9.62 Å². The Morgan fingerprint density at radius 1 is 1.27 bits per heavy atom. The molecule has 0 aromatic heterocycles. The number of carbonyl (C=O) groups excluding carboxylic acids is 1. The molecule has 1 aromatic carbocycles. The molecule has 1 aromatic rings. The number of hydrogen-bond acceptors (Lipinski definition) is 4. The fourth-order valence-corrected chi connectivity index (χ4v) is 2.65. The van der Waals surface area contributed by atoms with Gasteiger partial charge in [-0.3, -0.25) is 4.79 Å². The van der Waals surface area contributed by atoms with E-state index < -0.39 is 28.5 Å². The summed E-state index contributed by atoms with van der Waals surface area (Å²) in [5.41, 5.74) is 0.206. The van der Waals surface area contributed by atoms with Crippen molar-refractivity contribution in [1.82, 2.24) is 9.62 Å². The number of nitrogens with one attached hydrogen (secondary N) is 1. The van der Waals surface area contributed by atoms with E-state index in [4.69, 9.17) is 4.74 Å². The van der Waals surface area contributed by atoms with E-state index in [1.54, 1.807) is 0 Å². The Hall–Kier alpha value is -1.71. The lowest BCUT2D eigenvalue weighted by atomic mass is 10.3. The fraction of sp³-hybridized carbons (Fsp3) is 0.462. The Morgan fingerprint density at radius 3 is 2.36 bits per heavy atom. The summed E-state index contributed by atoms with van der Waals surface area (Å²) in [5.74, 6) is -0.970. The predicted molar refractivity (Wildman–Crippen MR) is 81.2 cm³/mol. The van der Waals surface area contributed by atoms with Gasteiger partial charge in [0.15, 0.2) is 0 Å².